The highest BCUT2D eigenvalue weighted by Gasteiger charge is 2.39. The van der Waals surface area contributed by atoms with E-state index in [1.807, 2.05) is 6.07 Å². The number of nitrogens with zero attached hydrogens (tertiary/aromatic N) is 3. The van der Waals surface area contributed by atoms with Gasteiger partial charge in [-0.25, -0.2) is 0 Å². The summed E-state index contributed by atoms with van der Waals surface area (Å²) in [5, 5.41) is 9.35. The number of ketones is 1. The minimum absolute atomic E-state index is 0.0655. The first-order valence-electron chi connectivity index (χ1n) is 8.13. The maximum atomic E-state index is 12.9. The van der Waals surface area contributed by atoms with Crippen LogP contribution in [0.2, 0.25) is 0 Å². The van der Waals surface area contributed by atoms with E-state index in [1.54, 1.807) is 18.2 Å². The molecule has 0 saturated carbocycles. The minimum Gasteiger partial charge on any atom is -0.312 e. The molecule has 0 N–H and O–H groups in total. The first-order chi connectivity index (χ1) is 12.8. The maximum absolute atomic E-state index is 12.9. The molecular formula is C19H14F3N3O2. The SMILES string of the molecule is N#C[C@@H](C(=O)[C@@H]1CC(=O)N(c2cccc(C(F)(F)F)c2)C1)c1ccccn1. The van der Waals surface area contributed by atoms with Gasteiger partial charge in [0, 0.05) is 30.8 Å². The summed E-state index contributed by atoms with van der Waals surface area (Å²) in [5.74, 6) is -2.81. The molecule has 1 aliphatic heterocycles. The van der Waals surface area contributed by atoms with Crippen LogP contribution in [0.15, 0.2) is 48.7 Å². The number of anilines is 1. The molecule has 3 rings (SSSR count). The molecule has 0 unspecified atom stereocenters. The molecule has 2 aromatic rings. The number of carbonyl (C=O) groups is 2. The molecule has 1 aromatic carbocycles. The lowest BCUT2D eigenvalue weighted by Gasteiger charge is -2.18. The lowest BCUT2D eigenvalue weighted by Crippen LogP contribution is -2.28. The Morgan fingerprint density at radius 1 is 1.26 bits per heavy atom. The highest BCUT2D eigenvalue weighted by atomic mass is 19.4. The van der Waals surface area contributed by atoms with Crippen molar-refractivity contribution in [2.24, 2.45) is 5.92 Å². The molecule has 1 aliphatic rings. The normalized spacial score (nSPS) is 18.2. The van der Waals surface area contributed by atoms with Crippen molar-refractivity contribution in [1.29, 1.82) is 5.26 Å². The van der Waals surface area contributed by atoms with Gasteiger partial charge in [0.15, 0.2) is 5.78 Å². The summed E-state index contributed by atoms with van der Waals surface area (Å²) in [6, 6.07) is 11.1. The van der Waals surface area contributed by atoms with E-state index in [2.05, 4.69) is 4.98 Å². The van der Waals surface area contributed by atoms with Crippen molar-refractivity contribution in [1.82, 2.24) is 4.98 Å². The number of Topliss-reactive ketones (excluding diaryl/α,β-unsaturated/α-hetero) is 1. The minimum atomic E-state index is -4.53. The topological polar surface area (TPSA) is 74.1 Å². The predicted molar refractivity (Wildman–Crippen MR) is 89.5 cm³/mol. The van der Waals surface area contributed by atoms with Crippen LogP contribution in [0, 0.1) is 17.2 Å². The summed E-state index contributed by atoms with van der Waals surface area (Å²) in [5.41, 5.74) is -0.502. The molecule has 0 aliphatic carbocycles. The Balaban J connectivity index is 1.81. The number of pyridine rings is 1. The lowest BCUT2D eigenvalue weighted by atomic mass is 9.90. The van der Waals surface area contributed by atoms with Crippen molar-refractivity contribution >= 4 is 17.4 Å². The molecule has 8 heteroatoms. The van der Waals surface area contributed by atoms with Gasteiger partial charge < -0.3 is 4.90 Å². The van der Waals surface area contributed by atoms with Crippen molar-refractivity contribution in [2.75, 3.05) is 11.4 Å². The van der Waals surface area contributed by atoms with Crippen LogP contribution in [0.1, 0.15) is 23.6 Å². The van der Waals surface area contributed by atoms with Crippen molar-refractivity contribution < 1.29 is 22.8 Å². The van der Waals surface area contributed by atoms with E-state index in [9.17, 15) is 28.0 Å². The fourth-order valence-electron chi connectivity index (χ4n) is 3.06. The molecule has 0 spiro atoms. The predicted octanol–water partition coefficient (Wildman–Crippen LogP) is 3.33. The Hall–Kier alpha value is -3.21. The Bertz CT molecular complexity index is 906. The third kappa shape index (κ3) is 3.82. The molecule has 0 radical (unpaired) electrons. The lowest BCUT2D eigenvalue weighted by molar-refractivity contribution is -0.137. The first kappa shape index (κ1) is 18.6. The van der Waals surface area contributed by atoms with E-state index in [4.69, 9.17) is 0 Å². The van der Waals surface area contributed by atoms with E-state index < -0.39 is 35.3 Å². The molecule has 27 heavy (non-hydrogen) atoms. The first-order valence-corrected chi connectivity index (χ1v) is 8.13. The number of rotatable bonds is 4. The second-order valence-electron chi connectivity index (χ2n) is 6.17. The van der Waals surface area contributed by atoms with Crippen LogP contribution in [0.4, 0.5) is 18.9 Å². The van der Waals surface area contributed by atoms with E-state index in [0.29, 0.717) is 0 Å². The Kier molecular flexibility index (Phi) is 4.95. The van der Waals surface area contributed by atoms with Crippen LogP contribution >= 0.6 is 0 Å². The molecule has 1 amide bonds. The Morgan fingerprint density at radius 2 is 2.04 bits per heavy atom. The van der Waals surface area contributed by atoms with Gasteiger partial charge >= 0.3 is 6.18 Å². The standard InChI is InChI=1S/C19H14F3N3O2/c20-19(21,22)13-4-3-5-14(9-13)25-11-12(8-17(25)26)18(27)15(10-23)16-6-1-2-7-24-16/h1-7,9,12,15H,8,11H2/t12-,15-/m1/s1. The second kappa shape index (κ2) is 7.19. The Labute approximate surface area is 153 Å². The number of hydrogen-bond donors (Lipinski definition) is 0. The smallest absolute Gasteiger partial charge is 0.312 e. The Morgan fingerprint density at radius 3 is 2.67 bits per heavy atom. The van der Waals surface area contributed by atoms with Gasteiger partial charge in [-0.1, -0.05) is 12.1 Å². The zero-order chi connectivity index (χ0) is 19.6. The second-order valence-corrected chi connectivity index (χ2v) is 6.17. The molecule has 5 nitrogen and oxygen atoms in total. The molecule has 1 aromatic heterocycles. The summed E-state index contributed by atoms with van der Waals surface area (Å²) in [6.45, 7) is -0.0655. The van der Waals surface area contributed by atoms with Gasteiger partial charge in [0.2, 0.25) is 5.91 Å². The van der Waals surface area contributed by atoms with Gasteiger partial charge in [-0.3, -0.25) is 14.6 Å². The quantitative estimate of drug-likeness (QED) is 0.824. The van der Waals surface area contributed by atoms with Gasteiger partial charge in [-0.2, -0.15) is 18.4 Å². The van der Waals surface area contributed by atoms with Crippen molar-refractivity contribution in [3.63, 3.8) is 0 Å². The number of nitriles is 1. The fraction of sp³-hybridized carbons (Fsp3) is 0.263. The molecule has 1 fully saturated rings. The summed E-state index contributed by atoms with van der Waals surface area (Å²) in [7, 11) is 0. The van der Waals surface area contributed by atoms with Crippen molar-refractivity contribution in [3.8, 4) is 6.07 Å². The van der Waals surface area contributed by atoms with Crippen LogP contribution in [-0.4, -0.2) is 23.2 Å². The number of aromatic nitrogens is 1. The van der Waals surface area contributed by atoms with E-state index >= 15 is 0 Å². The summed E-state index contributed by atoms with van der Waals surface area (Å²) >= 11 is 0. The number of carbonyl (C=O) groups excluding carboxylic acids is 2. The monoisotopic (exact) mass is 373 g/mol. The maximum Gasteiger partial charge on any atom is 0.416 e. The number of amides is 1. The summed E-state index contributed by atoms with van der Waals surface area (Å²) in [4.78, 5) is 30.2. The zero-order valence-electron chi connectivity index (χ0n) is 14.0. The molecule has 2 atom stereocenters. The molecule has 138 valence electrons. The van der Waals surface area contributed by atoms with Crippen molar-refractivity contribution in [2.45, 2.75) is 18.5 Å². The summed E-state index contributed by atoms with van der Waals surface area (Å²) < 4.78 is 38.7. The molecular weight excluding hydrogens is 359 g/mol. The van der Waals surface area contributed by atoms with Gasteiger partial charge in [0.25, 0.3) is 0 Å². The van der Waals surface area contributed by atoms with Gasteiger partial charge in [0.1, 0.15) is 5.92 Å². The van der Waals surface area contributed by atoms with Crippen LogP contribution in [0.3, 0.4) is 0 Å². The molecule has 1 saturated heterocycles. The number of hydrogen-bond acceptors (Lipinski definition) is 4. The third-order valence-corrected chi connectivity index (χ3v) is 4.41. The van der Waals surface area contributed by atoms with Crippen LogP contribution in [-0.2, 0) is 15.8 Å². The van der Waals surface area contributed by atoms with E-state index in [1.165, 1.54) is 18.3 Å². The van der Waals surface area contributed by atoms with Crippen molar-refractivity contribution in [3.05, 3.63) is 59.9 Å². The number of benzene rings is 1. The molecule has 0 bridgehead atoms. The number of alkyl halides is 3. The highest BCUT2D eigenvalue weighted by Crippen LogP contribution is 2.34. The van der Waals surface area contributed by atoms with E-state index in [0.717, 1.165) is 17.0 Å². The van der Waals surface area contributed by atoms with Gasteiger partial charge in [-0.05, 0) is 30.3 Å². The van der Waals surface area contributed by atoms with Crippen LogP contribution in [0.25, 0.3) is 0 Å². The highest BCUT2D eigenvalue weighted by molar-refractivity contribution is 6.02. The average Bonchev–Trinajstić information content (AvgIpc) is 3.04. The van der Waals surface area contributed by atoms with Crippen LogP contribution < -0.4 is 4.90 Å². The van der Waals surface area contributed by atoms with Gasteiger partial charge in [0.05, 0.1) is 17.3 Å². The third-order valence-electron chi connectivity index (χ3n) is 4.41. The van der Waals surface area contributed by atoms with Gasteiger partial charge in [-0.15, -0.1) is 0 Å². The summed E-state index contributed by atoms with van der Waals surface area (Å²) in [6.07, 6.45) is -3.22. The largest absolute Gasteiger partial charge is 0.416 e. The fourth-order valence-corrected chi connectivity index (χ4v) is 3.06. The average molecular weight is 373 g/mol. The van der Waals surface area contributed by atoms with Crippen LogP contribution in [0.5, 0.6) is 0 Å². The number of halogens is 3. The molecule has 2 heterocycles. The zero-order valence-corrected chi connectivity index (χ0v) is 14.0. The van der Waals surface area contributed by atoms with E-state index in [-0.39, 0.29) is 24.3 Å².